The highest BCUT2D eigenvalue weighted by molar-refractivity contribution is 6.29. The van der Waals surface area contributed by atoms with Crippen molar-refractivity contribution in [2.45, 2.75) is 96.9 Å². The van der Waals surface area contributed by atoms with Crippen LogP contribution in [0.3, 0.4) is 0 Å². The molecule has 0 aliphatic rings. The van der Waals surface area contributed by atoms with Crippen LogP contribution >= 0.6 is 0 Å². The molecule has 6 rings (SSSR count). The second-order valence-corrected chi connectivity index (χ2v) is 12.6. The number of benzene rings is 4. The number of aryl methyl sites for hydroxylation is 6. The molecule has 2 aromatic heterocycles. The van der Waals surface area contributed by atoms with Gasteiger partial charge in [-0.25, -0.2) is 0 Å². The molecule has 200 valence electrons. The molecule has 39 heavy (non-hydrogen) atoms. The van der Waals surface area contributed by atoms with Crippen molar-refractivity contribution in [3.8, 4) is 11.1 Å². The highest BCUT2D eigenvalue weighted by Gasteiger charge is 2.29. The molecule has 2 heterocycles. The fraction of sp³-hybridized carbons (Fsp3) is 0.368. The van der Waals surface area contributed by atoms with E-state index in [1.807, 2.05) is 0 Å². The van der Waals surface area contributed by atoms with E-state index in [0.717, 1.165) is 0 Å². The Labute approximate surface area is 234 Å². The molecular formula is C38H43N. The third-order valence-corrected chi connectivity index (χ3v) is 11.3. The number of fused-ring (bicyclic) bond motifs is 6. The van der Waals surface area contributed by atoms with Crippen molar-refractivity contribution in [1.82, 2.24) is 4.40 Å². The van der Waals surface area contributed by atoms with Gasteiger partial charge in [0.05, 0.1) is 16.6 Å². The Balaban J connectivity index is 2.05. The molecule has 0 aliphatic heterocycles. The number of nitrogens with zero attached hydrogens (tertiary/aromatic N) is 1. The normalized spacial score (nSPS) is 12.4. The number of hydrogen-bond acceptors (Lipinski definition) is 0. The van der Waals surface area contributed by atoms with Crippen LogP contribution in [0.1, 0.15) is 77.9 Å². The van der Waals surface area contributed by atoms with E-state index in [2.05, 4.69) is 107 Å². The molecule has 0 unspecified atom stereocenters. The first kappa shape index (κ1) is 25.9. The summed E-state index contributed by atoms with van der Waals surface area (Å²) in [6.07, 6.45) is 0. The maximum absolute atomic E-state index is 2.67. The first-order chi connectivity index (χ1) is 18.2. The number of rotatable bonds is 1. The Kier molecular flexibility index (Phi) is 5.39. The lowest BCUT2D eigenvalue weighted by Gasteiger charge is -2.21. The average Bonchev–Trinajstić information content (AvgIpc) is 3.43. The summed E-state index contributed by atoms with van der Waals surface area (Å²) in [6.45, 7) is 32.5. The van der Waals surface area contributed by atoms with Crippen molar-refractivity contribution in [2.24, 2.45) is 0 Å². The monoisotopic (exact) mass is 513 g/mol. The minimum atomic E-state index is 1.37. The van der Waals surface area contributed by atoms with Crippen molar-refractivity contribution in [3.05, 3.63) is 84.0 Å². The average molecular weight is 514 g/mol. The fourth-order valence-electron chi connectivity index (χ4n) is 7.72. The topological polar surface area (TPSA) is 4.41 Å². The summed E-state index contributed by atoms with van der Waals surface area (Å²) in [5.41, 5.74) is 26.9. The van der Waals surface area contributed by atoms with Crippen molar-refractivity contribution in [1.29, 1.82) is 0 Å². The summed E-state index contributed by atoms with van der Waals surface area (Å²) in [7, 11) is 0. The predicted octanol–water partition coefficient (Wildman–Crippen LogP) is 10.8. The molecule has 0 N–H and O–H groups in total. The van der Waals surface area contributed by atoms with E-state index >= 15 is 0 Å². The predicted molar refractivity (Wildman–Crippen MR) is 173 cm³/mol. The Morgan fingerprint density at radius 3 is 1.23 bits per heavy atom. The molecule has 0 saturated heterocycles. The molecular weight excluding hydrogens is 470 g/mol. The zero-order valence-corrected chi connectivity index (χ0v) is 26.5. The molecule has 4 aromatic carbocycles. The van der Waals surface area contributed by atoms with Gasteiger partial charge in [-0.2, -0.15) is 0 Å². The van der Waals surface area contributed by atoms with Gasteiger partial charge in [0.2, 0.25) is 0 Å². The SMILES string of the molecule is Cc1cc(-c2c(C)c(C)c(C)c(C)c2C)c2c3c(C)c(C)c(C)c4c5c(C)c(C)c(C)c(C)c5n(c2c1C)c34. The minimum absolute atomic E-state index is 1.37. The molecule has 0 saturated carbocycles. The van der Waals surface area contributed by atoms with E-state index in [1.54, 1.807) is 0 Å². The van der Waals surface area contributed by atoms with Gasteiger partial charge in [0, 0.05) is 21.5 Å². The molecule has 0 radical (unpaired) electrons. The largest absolute Gasteiger partial charge is 0.307 e. The first-order valence-electron chi connectivity index (χ1n) is 14.5. The molecule has 0 spiro atoms. The maximum Gasteiger partial charge on any atom is 0.0626 e. The fourth-order valence-corrected chi connectivity index (χ4v) is 7.72. The zero-order chi connectivity index (χ0) is 28.6. The van der Waals surface area contributed by atoms with Gasteiger partial charge in [-0.3, -0.25) is 0 Å². The van der Waals surface area contributed by atoms with Gasteiger partial charge in [0.1, 0.15) is 0 Å². The van der Waals surface area contributed by atoms with Gasteiger partial charge in [-0.05, 0) is 186 Å². The van der Waals surface area contributed by atoms with E-state index in [0.29, 0.717) is 0 Å². The molecule has 0 fully saturated rings. The molecule has 6 aromatic rings. The molecule has 1 heteroatoms. The van der Waals surface area contributed by atoms with Crippen molar-refractivity contribution >= 4 is 38.1 Å². The molecule has 1 nitrogen and oxygen atoms in total. The van der Waals surface area contributed by atoms with Gasteiger partial charge in [-0.15, -0.1) is 0 Å². The van der Waals surface area contributed by atoms with Crippen LogP contribution in [-0.4, -0.2) is 4.40 Å². The summed E-state index contributed by atoms with van der Waals surface area (Å²) < 4.78 is 2.67. The highest BCUT2D eigenvalue weighted by atomic mass is 14.9. The van der Waals surface area contributed by atoms with Crippen molar-refractivity contribution < 1.29 is 0 Å². The summed E-state index contributed by atoms with van der Waals surface area (Å²) in [5.74, 6) is 0. The smallest absolute Gasteiger partial charge is 0.0626 e. The maximum atomic E-state index is 2.67. The van der Waals surface area contributed by atoms with E-state index in [-0.39, 0.29) is 0 Å². The number of aromatic nitrogens is 1. The summed E-state index contributed by atoms with van der Waals surface area (Å²) in [4.78, 5) is 0. The van der Waals surface area contributed by atoms with E-state index < -0.39 is 0 Å². The highest BCUT2D eigenvalue weighted by Crippen LogP contribution is 2.50. The van der Waals surface area contributed by atoms with Gasteiger partial charge < -0.3 is 4.40 Å². The summed E-state index contributed by atoms with van der Waals surface area (Å²) >= 11 is 0. The van der Waals surface area contributed by atoms with Crippen LogP contribution in [0.5, 0.6) is 0 Å². The van der Waals surface area contributed by atoms with E-state index in [1.165, 1.54) is 127 Å². The van der Waals surface area contributed by atoms with Crippen LogP contribution in [-0.2, 0) is 0 Å². The quantitative estimate of drug-likeness (QED) is 0.206. The zero-order valence-electron chi connectivity index (χ0n) is 26.5. The molecule has 0 bridgehead atoms. The standard InChI is InChI=1S/C38H43N/c1-16-15-30(31-24(9)19(4)18(3)20(5)25(31)10)35-34-28(13)23(8)27(12)33-32-26(11)21(6)22(7)29(14)37(32)39(38(33)34)36(35)17(16)2/h15H,1-14H3. The van der Waals surface area contributed by atoms with Crippen LogP contribution in [0.25, 0.3) is 49.2 Å². The Morgan fingerprint density at radius 2 is 0.692 bits per heavy atom. The Bertz CT molecular complexity index is 2050. The van der Waals surface area contributed by atoms with Crippen molar-refractivity contribution in [3.63, 3.8) is 0 Å². The summed E-state index contributed by atoms with van der Waals surface area (Å²) in [5, 5.41) is 5.79. The second-order valence-electron chi connectivity index (χ2n) is 12.6. The first-order valence-corrected chi connectivity index (χ1v) is 14.5. The molecule has 0 atom stereocenters. The minimum Gasteiger partial charge on any atom is -0.307 e. The van der Waals surface area contributed by atoms with Gasteiger partial charge in [0.15, 0.2) is 0 Å². The van der Waals surface area contributed by atoms with Crippen LogP contribution in [0.2, 0.25) is 0 Å². The summed E-state index contributed by atoms with van der Waals surface area (Å²) in [6, 6.07) is 2.49. The van der Waals surface area contributed by atoms with E-state index in [4.69, 9.17) is 0 Å². The van der Waals surface area contributed by atoms with E-state index in [9.17, 15) is 0 Å². The lowest BCUT2D eigenvalue weighted by Crippen LogP contribution is -2.01. The lowest BCUT2D eigenvalue weighted by molar-refractivity contribution is 1.18. The third-order valence-electron chi connectivity index (χ3n) is 11.3. The number of hydrogen-bond donors (Lipinski definition) is 0. The van der Waals surface area contributed by atoms with Crippen LogP contribution < -0.4 is 0 Å². The molecule has 0 aliphatic carbocycles. The van der Waals surface area contributed by atoms with Crippen LogP contribution in [0, 0.1) is 96.9 Å². The van der Waals surface area contributed by atoms with Gasteiger partial charge in [-0.1, -0.05) is 6.07 Å². The Hall–Kier alpha value is -3.32. The van der Waals surface area contributed by atoms with Crippen LogP contribution in [0.15, 0.2) is 6.07 Å². The van der Waals surface area contributed by atoms with Crippen LogP contribution in [0.4, 0.5) is 0 Å². The Morgan fingerprint density at radius 1 is 0.333 bits per heavy atom. The van der Waals surface area contributed by atoms with Crippen molar-refractivity contribution in [2.75, 3.05) is 0 Å². The second kappa shape index (κ2) is 8.10. The van der Waals surface area contributed by atoms with Gasteiger partial charge >= 0.3 is 0 Å². The van der Waals surface area contributed by atoms with Gasteiger partial charge in [0.25, 0.3) is 0 Å². The molecule has 0 amide bonds. The third kappa shape index (κ3) is 2.92. The lowest BCUT2D eigenvalue weighted by atomic mass is 9.83.